The summed E-state index contributed by atoms with van der Waals surface area (Å²) in [6, 6.07) is 16.8. The van der Waals surface area contributed by atoms with E-state index in [1.54, 1.807) is 7.11 Å². The molecular weight excluding hydrogens is 222 g/mol. The summed E-state index contributed by atoms with van der Waals surface area (Å²) in [4.78, 5) is 3.24. The van der Waals surface area contributed by atoms with Crippen LogP contribution in [0.25, 0.3) is 10.9 Å². The number of H-pyrrole nitrogens is 1. The van der Waals surface area contributed by atoms with Gasteiger partial charge in [-0.1, -0.05) is 24.3 Å². The number of hydrogen-bond donors (Lipinski definition) is 1. The molecule has 0 bridgehead atoms. The van der Waals surface area contributed by atoms with E-state index < -0.39 is 0 Å². The number of rotatable bonds is 3. The standard InChI is InChI=1S/C16H15NO/c1-18-14-7-5-12(6-8-14)11-13-3-2-4-16-15(13)9-10-17-16/h2-10,17H,11H2,1H3. The van der Waals surface area contributed by atoms with E-state index in [2.05, 4.69) is 41.4 Å². The number of fused-ring (bicyclic) bond motifs is 1. The third-order valence-corrected chi connectivity index (χ3v) is 3.24. The topological polar surface area (TPSA) is 25.0 Å². The number of aromatic amines is 1. The largest absolute Gasteiger partial charge is 0.497 e. The zero-order valence-electron chi connectivity index (χ0n) is 10.3. The summed E-state index contributed by atoms with van der Waals surface area (Å²) in [6.45, 7) is 0. The Hall–Kier alpha value is -2.22. The van der Waals surface area contributed by atoms with E-state index in [9.17, 15) is 0 Å². The van der Waals surface area contributed by atoms with Gasteiger partial charge in [-0.2, -0.15) is 0 Å². The van der Waals surface area contributed by atoms with Crippen molar-refractivity contribution in [2.45, 2.75) is 6.42 Å². The van der Waals surface area contributed by atoms with Crippen LogP contribution in [0.2, 0.25) is 0 Å². The zero-order chi connectivity index (χ0) is 12.4. The summed E-state index contributed by atoms with van der Waals surface area (Å²) in [6.07, 6.45) is 2.93. The van der Waals surface area contributed by atoms with E-state index in [0.717, 1.165) is 12.2 Å². The van der Waals surface area contributed by atoms with Gasteiger partial charge in [0.2, 0.25) is 0 Å². The third-order valence-electron chi connectivity index (χ3n) is 3.24. The Morgan fingerprint density at radius 2 is 1.83 bits per heavy atom. The Morgan fingerprint density at radius 3 is 2.61 bits per heavy atom. The molecule has 0 aliphatic heterocycles. The maximum absolute atomic E-state index is 5.17. The molecule has 0 saturated heterocycles. The molecule has 3 rings (SSSR count). The van der Waals surface area contributed by atoms with Gasteiger partial charge < -0.3 is 9.72 Å². The SMILES string of the molecule is COc1ccc(Cc2cccc3[nH]ccc23)cc1. The van der Waals surface area contributed by atoms with Crippen LogP contribution in [0.1, 0.15) is 11.1 Å². The van der Waals surface area contributed by atoms with Crippen LogP contribution in [0, 0.1) is 0 Å². The Bertz CT molecular complexity index is 652. The van der Waals surface area contributed by atoms with Gasteiger partial charge in [0.25, 0.3) is 0 Å². The van der Waals surface area contributed by atoms with Crippen LogP contribution in [-0.4, -0.2) is 12.1 Å². The van der Waals surface area contributed by atoms with Crippen LogP contribution in [0.5, 0.6) is 5.75 Å². The lowest BCUT2D eigenvalue weighted by atomic mass is 10.0. The highest BCUT2D eigenvalue weighted by Crippen LogP contribution is 2.21. The second-order valence-electron chi connectivity index (χ2n) is 4.38. The molecule has 90 valence electrons. The van der Waals surface area contributed by atoms with Crippen molar-refractivity contribution in [3.8, 4) is 5.75 Å². The van der Waals surface area contributed by atoms with E-state index in [1.807, 2.05) is 18.3 Å². The number of aromatic nitrogens is 1. The molecule has 0 aliphatic rings. The van der Waals surface area contributed by atoms with E-state index in [-0.39, 0.29) is 0 Å². The number of ether oxygens (including phenoxy) is 1. The van der Waals surface area contributed by atoms with E-state index >= 15 is 0 Å². The molecule has 0 atom stereocenters. The minimum atomic E-state index is 0.901. The fourth-order valence-corrected chi connectivity index (χ4v) is 2.27. The first kappa shape index (κ1) is 10.9. The van der Waals surface area contributed by atoms with Crippen LogP contribution >= 0.6 is 0 Å². The molecule has 0 unspecified atom stereocenters. The molecule has 1 heterocycles. The molecule has 0 radical (unpaired) electrons. The predicted octanol–water partition coefficient (Wildman–Crippen LogP) is 3.77. The first-order valence-corrected chi connectivity index (χ1v) is 6.05. The third kappa shape index (κ3) is 1.97. The molecular formula is C16H15NO. The van der Waals surface area contributed by atoms with Crippen LogP contribution in [0.3, 0.4) is 0 Å². The first-order chi connectivity index (χ1) is 8.86. The Kier molecular flexibility index (Phi) is 2.77. The second-order valence-corrected chi connectivity index (χ2v) is 4.38. The Balaban J connectivity index is 1.93. The lowest BCUT2D eigenvalue weighted by Gasteiger charge is -2.05. The van der Waals surface area contributed by atoms with E-state index in [1.165, 1.54) is 22.0 Å². The Morgan fingerprint density at radius 1 is 1.00 bits per heavy atom. The lowest BCUT2D eigenvalue weighted by molar-refractivity contribution is 0.414. The van der Waals surface area contributed by atoms with Crippen molar-refractivity contribution in [3.63, 3.8) is 0 Å². The molecule has 0 amide bonds. The lowest BCUT2D eigenvalue weighted by Crippen LogP contribution is -1.89. The van der Waals surface area contributed by atoms with Gasteiger partial charge in [0.1, 0.15) is 5.75 Å². The second kappa shape index (κ2) is 4.57. The summed E-state index contributed by atoms with van der Waals surface area (Å²) in [7, 11) is 1.69. The quantitative estimate of drug-likeness (QED) is 0.737. The van der Waals surface area contributed by atoms with Gasteiger partial charge in [0, 0.05) is 17.1 Å². The molecule has 0 saturated carbocycles. The molecule has 2 aromatic carbocycles. The predicted molar refractivity (Wildman–Crippen MR) is 74.1 cm³/mol. The molecule has 1 aromatic heterocycles. The van der Waals surface area contributed by atoms with Gasteiger partial charge in [-0.25, -0.2) is 0 Å². The summed E-state index contributed by atoms with van der Waals surface area (Å²) in [5, 5.41) is 1.30. The van der Waals surface area contributed by atoms with Crippen molar-refractivity contribution >= 4 is 10.9 Å². The molecule has 2 nitrogen and oxygen atoms in total. The van der Waals surface area contributed by atoms with Gasteiger partial charge >= 0.3 is 0 Å². The number of benzene rings is 2. The van der Waals surface area contributed by atoms with Gasteiger partial charge in [0.15, 0.2) is 0 Å². The zero-order valence-corrected chi connectivity index (χ0v) is 10.3. The van der Waals surface area contributed by atoms with Crippen molar-refractivity contribution in [2.75, 3.05) is 7.11 Å². The number of nitrogens with one attached hydrogen (secondary N) is 1. The molecule has 0 aliphatic carbocycles. The van der Waals surface area contributed by atoms with E-state index in [0.29, 0.717) is 0 Å². The maximum atomic E-state index is 5.17. The van der Waals surface area contributed by atoms with Gasteiger partial charge in [-0.05, 0) is 41.8 Å². The normalized spacial score (nSPS) is 10.7. The van der Waals surface area contributed by atoms with Crippen LogP contribution in [-0.2, 0) is 6.42 Å². The summed E-state index contributed by atoms with van der Waals surface area (Å²) < 4.78 is 5.17. The molecule has 0 fully saturated rings. The molecule has 2 heteroatoms. The summed E-state index contributed by atoms with van der Waals surface area (Å²) in [5.74, 6) is 0.901. The van der Waals surface area contributed by atoms with Crippen molar-refractivity contribution in [1.29, 1.82) is 0 Å². The van der Waals surface area contributed by atoms with Gasteiger partial charge in [-0.3, -0.25) is 0 Å². The van der Waals surface area contributed by atoms with Crippen molar-refractivity contribution in [3.05, 3.63) is 65.9 Å². The van der Waals surface area contributed by atoms with Gasteiger partial charge in [-0.15, -0.1) is 0 Å². The van der Waals surface area contributed by atoms with Crippen molar-refractivity contribution in [2.24, 2.45) is 0 Å². The summed E-state index contributed by atoms with van der Waals surface area (Å²) >= 11 is 0. The maximum Gasteiger partial charge on any atom is 0.118 e. The average molecular weight is 237 g/mol. The summed E-state index contributed by atoms with van der Waals surface area (Å²) in [5.41, 5.74) is 3.84. The fourth-order valence-electron chi connectivity index (χ4n) is 2.27. The van der Waals surface area contributed by atoms with Crippen molar-refractivity contribution < 1.29 is 4.74 Å². The van der Waals surface area contributed by atoms with E-state index in [4.69, 9.17) is 4.74 Å². The highest BCUT2D eigenvalue weighted by Gasteiger charge is 2.03. The molecule has 0 spiro atoms. The molecule has 18 heavy (non-hydrogen) atoms. The molecule has 3 aromatic rings. The molecule has 1 N–H and O–H groups in total. The van der Waals surface area contributed by atoms with Crippen LogP contribution < -0.4 is 4.74 Å². The van der Waals surface area contributed by atoms with Crippen LogP contribution in [0.4, 0.5) is 0 Å². The minimum absolute atomic E-state index is 0.901. The fraction of sp³-hybridized carbons (Fsp3) is 0.125. The first-order valence-electron chi connectivity index (χ1n) is 6.05. The number of hydrogen-bond acceptors (Lipinski definition) is 1. The smallest absolute Gasteiger partial charge is 0.118 e. The van der Waals surface area contributed by atoms with Crippen LogP contribution in [0.15, 0.2) is 54.7 Å². The van der Waals surface area contributed by atoms with Gasteiger partial charge in [0.05, 0.1) is 7.11 Å². The number of methoxy groups -OCH3 is 1. The average Bonchev–Trinajstić information content (AvgIpc) is 2.89. The highest BCUT2D eigenvalue weighted by molar-refractivity contribution is 5.83. The Labute approximate surface area is 106 Å². The highest BCUT2D eigenvalue weighted by atomic mass is 16.5. The van der Waals surface area contributed by atoms with Crippen molar-refractivity contribution in [1.82, 2.24) is 4.98 Å². The minimum Gasteiger partial charge on any atom is -0.497 e. The monoisotopic (exact) mass is 237 g/mol.